The van der Waals surface area contributed by atoms with Crippen LogP contribution in [-0.4, -0.2) is 32.0 Å². The second-order valence-corrected chi connectivity index (χ2v) is 6.34. The first-order valence-corrected chi connectivity index (χ1v) is 8.45. The maximum Gasteiger partial charge on any atom is 0.332 e. The van der Waals surface area contributed by atoms with Gasteiger partial charge in [-0.1, -0.05) is 13.8 Å². The number of primary amides is 1. The van der Waals surface area contributed by atoms with E-state index in [1.54, 1.807) is 24.3 Å². The van der Waals surface area contributed by atoms with Crippen molar-refractivity contribution >= 4 is 17.1 Å². The summed E-state index contributed by atoms with van der Waals surface area (Å²) in [5.41, 5.74) is 6.24. The van der Waals surface area contributed by atoms with Gasteiger partial charge in [-0.15, -0.1) is 0 Å². The van der Waals surface area contributed by atoms with Crippen molar-refractivity contribution < 1.29 is 9.53 Å². The average Bonchev–Trinajstić information content (AvgIpc) is 2.90. The fourth-order valence-electron chi connectivity index (χ4n) is 2.76. The summed E-state index contributed by atoms with van der Waals surface area (Å²) in [4.78, 5) is 35.7. The molecule has 2 aromatic heterocycles. The number of ether oxygens (including phenoxy) is 1. The van der Waals surface area contributed by atoms with Gasteiger partial charge in [0.05, 0.1) is 12.3 Å². The molecular formula is C18H21N5O3. The molecule has 0 atom stereocenters. The first kappa shape index (κ1) is 17.7. The number of benzene rings is 1. The fourth-order valence-corrected chi connectivity index (χ4v) is 2.76. The molecule has 0 saturated heterocycles. The summed E-state index contributed by atoms with van der Waals surface area (Å²) in [7, 11) is 0. The maximum absolute atomic E-state index is 12.5. The molecule has 8 heteroatoms. The standard InChI is InChI=1S/C18H21N5O3/c1-4-26-12-7-5-11(6-8-12)23-17-15(22-18(23)25)14(16(19)24)20-13(21-17)9-10(2)3/h5-8,10H,4,9H2,1-3H3,(H2,19,24)(H,22,25). The van der Waals surface area contributed by atoms with E-state index in [2.05, 4.69) is 15.0 Å². The van der Waals surface area contributed by atoms with Crippen molar-refractivity contribution in [3.63, 3.8) is 0 Å². The monoisotopic (exact) mass is 355 g/mol. The van der Waals surface area contributed by atoms with E-state index >= 15 is 0 Å². The van der Waals surface area contributed by atoms with Crippen LogP contribution >= 0.6 is 0 Å². The van der Waals surface area contributed by atoms with Crippen LogP contribution in [0.15, 0.2) is 29.1 Å². The van der Waals surface area contributed by atoms with Gasteiger partial charge in [-0.2, -0.15) is 0 Å². The van der Waals surface area contributed by atoms with Crippen LogP contribution in [0.4, 0.5) is 0 Å². The van der Waals surface area contributed by atoms with Gasteiger partial charge in [0.15, 0.2) is 11.3 Å². The van der Waals surface area contributed by atoms with Crippen LogP contribution in [0.25, 0.3) is 16.9 Å². The van der Waals surface area contributed by atoms with Crippen LogP contribution in [0.2, 0.25) is 0 Å². The smallest absolute Gasteiger partial charge is 0.332 e. The Morgan fingerprint density at radius 2 is 1.96 bits per heavy atom. The lowest BCUT2D eigenvalue weighted by Crippen LogP contribution is -2.17. The molecule has 0 saturated carbocycles. The number of hydrogen-bond donors (Lipinski definition) is 2. The topological polar surface area (TPSA) is 116 Å². The van der Waals surface area contributed by atoms with Gasteiger partial charge in [0.1, 0.15) is 17.1 Å². The van der Waals surface area contributed by atoms with E-state index in [1.807, 2.05) is 20.8 Å². The Balaban J connectivity index is 2.21. The van der Waals surface area contributed by atoms with Gasteiger partial charge < -0.3 is 15.5 Å². The van der Waals surface area contributed by atoms with Gasteiger partial charge in [-0.05, 0) is 37.1 Å². The molecule has 136 valence electrons. The van der Waals surface area contributed by atoms with Crippen molar-refractivity contribution in [2.24, 2.45) is 11.7 Å². The zero-order chi connectivity index (χ0) is 18.8. The largest absolute Gasteiger partial charge is 0.494 e. The summed E-state index contributed by atoms with van der Waals surface area (Å²) in [5.74, 6) is 0.761. The molecule has 0 aliphatic heterocycles. The minimum atomic E-state index is -0.706. The highest BCUT2D eigenvalue weighted by Gasteiger charge is 2.19. The van der Waals surface area contributed by atoms with Gasteiger partial charge in [0.2, 0.25) is 0 Å². The summed E-state index contributed by atoms with van der Waals surface area (Å²) < 4.78 is 6.83. The van der Waals surface area contributed by atoms with E-state index in [-0.39, 0.29) is 17.1 Å². The Hall–Kier alpha value is -3.16. The lowest BCUT2D eigenvalue weighted by molar-refractivity contribution is 0.0996. The predicted molar refractivity (Wildman–Crippen MR) is 97.7 cm³/mol. The van der Waals surface area contributed by atoms with Gasteiger partial charge >= 0.3 is 5.69 Å². The highest BCUT2D eigenvalue weighted by atomic mass is 16.5. The van der Waals surface area contributed by atoms with Crippen molar-refractivity contribution in [1.29, 1.82) is 0 Å². The Bertz CT molecular complexity index is 1000. The van der Waals surface area contributed by atoms with Gasteiger partial charge in [0.25, 0.3) is 5.91 Å². The van der Waals surface area contributed by atoms with Crippen molar-refractivity contribution in [3.05, 3.63) is 46.3 Å². The summed E-state index contributed by atoms with van der Waals surface area (Å²) in [5, 5.41) is 0. The van der Waals surface area contributed by atoms with Gasteiger partial charge in [0, 0.05) is 6.42 Å². The molecule has 0 spiro atoms. The lowest BCUT2D eigenvalue weighted by atomic mass is 10.1. The number of nitrogens with zero attached hydrogens (tertiary/aromatic N) is 3. The first-order valence-electron chi connectivity index (χ1n) is 8.45. The number of rotatable bonds is 6. The molecule has 1 amide bonds. The van der Waals surface area contributed by atoms with Crippen molar-refractivity contribution in [2.45, 2.75) is 27.2 Å². The average molecular weight is 355 g/mol. The Morgan fingerprint density at radius 3 is 2.54 bits per heavy atom. The number of aromatic nitrogens is 4. The summed E-state index contributed by atoms with van der Waals surface area (Å²) in [6.07, 6.45) is 0.568. The molecular weight excluding hydrogens is 334 g/mol. The third kappa shape index (κ3) is 3.30. The van der Waals surface area contributed by atoms with Crippen LogP contribution in [0.3, 0.4) is 0 Å². The first-order chi connectivity index (χ1) is 12.4. The van der Waals surface area contributed by atoms with Gasteiger partial charge in [-0.25, -0.2) is 19.3 Å². The van der Waals surface area contributed by atoms with Crippen LogP contribution in [-0.2, 0) is 6.42 Å². The molecule has 3 aromatic rings. The quantitative estimate of drug-likeness (QED) is 0.699. The molecule has 0 unspecified atom stereocenters. The maximum atomic E-state index is 12.5. The Morgan fingerprint density at radius 1 is 1.27 bits per heavy atom. The van der Waals surface area contributed by atoms with E-state index in [4.69, 9.17) is 10.5 Å². The number of fused-ring (bicyclic) bond motifs is 1. The molecule has 0 aliphatic carbocycles. The Labute approximate surface area is 150 Å². The van der Waals surface area contributed by atoms with Gasteiger partial charge in [-0.3, -0.25) is 4.79 Å². The molecule has 0 radical (unpaired) electrons. The molecule has 0 fully saturated rings. The number of nitrogens with two attached hydrogens (primary N) is 1. The van der Waals surface area contributed by atoms with Crippen LogP contribution in [0.5, 0.6) is 5.75 Å². The highest BCUT2D eigenvalue weighted by Crippen LogP contribution is 2.20. The third-order valence-electron chi connectivity index (χ3n) is 3.81. The summed E-state index contributed by atoms with van der Waals surface area (Å²) in [6.45, 7) is 6.50. The van der Waals surface area contributed by atoms with Crippen molar-refractivity contribution in [1.82, 2.24) is 19.5 Å². The predicted octanol–water partition coefficient (Wildman–Crippen LogP) is 1.80. The lowest BCUT2D eigenvalue weighted by Gasteiger charge is -2.08. The SMILES string of the molecule is CCOc1ccc(-n2c(=O)[nH]c3c(C(N)=O)nc(CC(C)C)nc32)cc1. The minimum Gasteiger partial charge on any atom is -0.494 e. The molecule has 26 heavy (non-hydrogen) atoms. The second-order valence-electron chi connectivity index (χ2n) is 6.34. The molecule has 1 aromatic carbocycles. The molecule has 0 aliphatic rings. The molecule has 0 bridgehead atoms. The van der Waals surface area contributed by atoms with Crippen LogP contribution in [0, 0.1) is 5.92 Å². The third-order valence-corrected chi connectivity index (χ3v) is 3.81. The van der Waals surface area contributed by atoms with Crippen molar-refractivity contribution in [3.8, 4) is 11.4 Å². The summed E-state index contributed by atoms with van der Waals surface area (Å²) in [6, 6.07) is 7.06. The molecule has 2 heterocycles. The minimum absolute atomic E-state index is 0.0208. The number of aromatic amines is 1. The van der Waals surface area contributed by atoms with Crippen LogP contribution < -0.4 is 16.2 Å². The number of hydrogen-bond acceptors (Lipinski definition) is 5. The Kier molecular flexibility index (Phi) is 4.75. The van der Waals surface area contributed by atoms with Crippen molar-refractivity contribution in [2.75, 3.05) is 6.61 Å². The zero-order valence-electron chi connectivity index (χ0n) is 14.9. The van der Waals surface area contributed by atoms with Crippen LogP contribution in [0.1, 0.15) is 37.1 Å². The van der Waals surface area contributed by atoms with E-state index in [0.29, 0.717) is 35.9 Å². The zero-order valence-corrected chi connectivity index (χ0v) is 14.9. The second kappa shape index (κ2) is 6.99. The van der Waals surface area contributed by atoms with E-state index in [9.17, 15) is 9.59 Å². The number of imidazole rings is 1. The van der Waals surface area contributed by atoms with E-state index in [0.717, 1.165) is 0 Å². The number of nitrogens with one attached hydrogen (secondary N) is 1. The normalized spacial score (nSPS) is 11.2. The summed E-state index contributed by atoms with van der Waals surface area (Å²) >= 11 is 0. The fraction of sp³-hybridized carbons (Fsp3) is 0.333. The number of amides is 1. The van der Waals surface area contributed by atoms with E-state index < -0.39 is 11.6 Å². The number of H-pyrrole nitrogens is 1. The number of carbonyl (C=O) groups excluding carboxylic acids is 1. The van der Waals surface area contributed by atoms with E-state index in [1.165, 1.54) is 4.57 Å². The number of carbonyl (C=O) groups is 1. The molecule has 8 nitrogen and oxygen atoms in total. The molecule has 3 rings (SSSR count). The molecule has 3 N–H and O–H groups in total. The highest BCUT2D eigenvalue weighted by molar-refractivity contribution is 6.01.